The lowest BCUT2D eigenvalue weighted by atomic mass is 10.1. The predicted molar refractivity (Wildman–Crippen MR) is 135 cm³/mol. The Morgan fingerprint density at radius 2 is 1.97 bits per heavy atom. The molecule has 182 valence electrons. The van der Waals surface area contributed by atoms with Gasteiger partial charge in [0.1, 0.15) is 17.2 Å². The molecule has 0 radical (unpaired) electrons. The van der Waals surface area contributed by atoms with Gasteiger partial charge in [0.25, 0.3) is 11.8 Å². The van der Waals surface area contributed by atoms with E-state index in [0.29, 0.717) is 47.7 Å². The maximum absolute atomic E-state index is 13.7. The number of thiazole rings is 1. The number of carbonyl (C=O) groups excluding carboxylic acids is 2. The number of amides is 2. The second-order valence-corrected chi connectivity index (χ2v) is 10.4. The van der Waals surface area contributed by atoms with Gasteiger partial charge in [0.2, 0.25) is 0 Å². The second-order valence-electron chi connectivity index (χ2n) is 9.24. The number of rotatable bonds is 7. The average Bonchev–Trinajstić information content (AvgIpc) is 3.37. The average molecular weight is 492 g/mol. The summed E-state index contributed by atoms with van der Waals surface area (Å²) in [6, 6.07) is 13.2. The van der Waals surface area contributed by atoms with Crippen LogP contribution < -0.4 is 14.8 Å². The summed E-state index contributed by atoms with van der Waals surface area (Å²) in [6.45, 7) is 5.08. The number of piperidine rings is 1. The van der Waals surface area contributed by atoms with Gasteiger partial charge in [0.05, 0.1) is 35.7 Å². The van der Waals surface area contributed by atoms with Crippen molar-refractivity contribution >= 4 is 23.2 Å². The molecule has 2 aromatic carbocycles. The summed E-state index contributed by atoms with van der Waals surface area (Å²) in [6.07, 6.45) is 1.09. The zero-order valence-corrected chi connectivity index (χ0v) is 21.1. The monoisotopic (exact) mass is 491 g/mol. The predicted octanol–water partition coefficient (Wildman–Crippen LogP) is 4.33. The van der Waals surface area contributed by atoms with Crippen molar-refractivity contribution in [2.45, 2.75) is 26.3 Å². The zero-order chi connectivity index (χ0) is 24.7. The molecule has 3 unspecified atom stereocenters. The van der Waals surface area contributed by atoms with Gasteiger partial charge in [-0.25, -0.2) is 4.98 Å². The fraction of sp³-hybridized carbons (Fsp3) is 0.370. The molecule has 1 saturated carbocycles. The number of methoxy groups -OCH3 is 2. The fourth-order valence-electron chi connectivity index (χ4n) is 5.04. The first-order chi connectivity index (χ1) is 16.9. The standard InChI is InChI=1S/C27H29N3O4S/c1-15-6-5-7-17(10-15)25-24(29-16(2)35-25)27(32)30-14-18-11-21(18)22(30)13-28-26(31)20-9-8-19(33-3)12-23(20)34-4/h5-10,12,18,21-22H,11,13-14H2,1-4H3,(H,28,31). The van der Waals surface area contributed by atoms with Crippen molar-refractivity contribution in [2.24, 2.45) is 11.8 Å². The Bertz CT molecular complexity index is 1290. The third kappa shape index (κ3) is 4.50. The van der Waals surface area contributed by atoms with Crippen molar-refractivity contribution in [1.29, 1.82) is 0 Å². The third-order valence-corrected chi connectivity index (χ3v) is 7.93. The number of benzene rings is 2. The number of likely N-dealkylation sites (tertiary alicyclic amines) is 1. The van der Waals surface area contributed by atoms with E-state index in [1.165, 1.54) is 7.11 Å². The lowest BCUT2D eigenvalue weighted by Crippen LogP contribution is -2.45. The number of fused-ring (bicyclic) bond motifs is 1. The zero-order valence-electron chi connectivity index (χ0n) is 20.3. The number of nitrogens with zero attached hydrogens (tertiary/aromatic N) is 2. The molecule has 3 aromatic rings. The molecule has 1 saturated heterocycles. The summed E-state index contributed by atoms with van der Waals surface area (Å²) in [5.41, 5.74) is 3.10. The molecular weight excluding hydrogens is 462 g/mol. The van der Waals surface area contributed by atoms with Gasteiger partial charge in [0.15, 0.2) is 0 Å². The van der Waals surface area contributed by atoms with Gasteiger partial charge in [-0.1, -0.05) is 29.8 Å². The van der Waals surface area contributed by atoms with E-state index < -0.39 is 0 Å². The summed E-state index contributed by atoms with van der Waals surface area (Å²) in [5, 5.41) is 3.90. The van der Waals surface area contributed by atoms with Crippen LogP contribution in [0.2, 0.25) is 0 Å². The Morgan fingerprint density at radius 1 is 1.14 bits per heavy atom. The fourth-order valence-corrected chi connectivity index (χ4v) is 5.94. The first-order valence-corrected chi connectivity index (χ1v) is 12.6. The van der Waals surface area contributed by atoms with E-state index in [9.17, 15) is 9.59 Å². The van der Waals surface area contributed by atoms with E-state index in [2.05, 4.69) is 16.4 Å². The number of ether oxygens (including phenoxy) is 2. The van der Waals surface area contributed by atoms with E-state index in [4.69, 9.17) is 9.47 Å². The summed E-state index contributed by atoms with van der Waals surface area (Å²) >= 11 is 1.55. The molecule has 35 heavy (non-hydrogen) atoms. The number of hydrogen-bond donors (Lipinski definition) is 1. The molecule has 0 spiro atoms. The maximum Gasteiger partial charge on any atom is 0.274 e. The van der Waals surface area contributed by atoms with Crippen LogP contribution in [0.4, 0.5) is 0 Å². The van der Waals surface area contributed by atoms with Crippen LogP contribution in [-0.4, -0.2) is 55.0 Å². The van der Waals surface area contributed by atoms with Gasteiger partial charge in [-0.05, 0) is 49.8 Å². The number of aryl methyl sites for hydroxylation is 2. The minimum Gasteiger partial charge on any atom is -0.497 e. The van der Waals surface area contributed by atoms with E-state index in [1.807, 2.05) is 36.9 Å². The highest BCUT2D eigenvalue weighted by Gasteiger charge is 2.54. The Labute approximate surface area is 209 Å². The molecule has 2 aliphatic rings. The molecule has 2 amide bonds. The van der Waals surface area contributed by atoms with Crippen LogP contribution in [0.3, 0.4) is 0 Å². The molecule has 1 aliphatic heterocycles. The third-order valence-electron chi connectivity index (χ3n) is 6.91. The first-order valence-electron chi connectivity index (χ1n) is 11.7. The Morgan fingerprint density at radius 3 is 2.71 bits per heavy atom. The van der Waals surface area contributed by atoms with Crippen LogP contribution in [0.25, 0.3) is 10.4 Å². The smallest absolute Gasteiger partial charge is 0.274 e. The minimum atomic E-state index is -0.231. The molecule has 3 atom stereocenters. The van der Waals surface area contributed by atoms with Gasteiger partial charge in [-0.3, -0.25) is 9.59 Å². The van der Waals surface area contributed by atoms with Gasteiger partial charge < -0.3 is 19.7 Å². The molecule has 5 rings (SSSR count). The van der Waals surface area contributed by atoms with Crippen molar-refractivity contribution in [3.63, 3.8) is 0 Å². The maximum atomic E-state index is 13.7. The van der Waals surface area contributed by atoms with Gasteiger partial charge in [0, 0.05) is 19.2 Å². The van der Waals surface area contributed by atoms with Crippen molar-refractivity contribution in [3.8, 4) is 21.9 Å². The normalized spacial score (nSPS) is 20.3. The van der Waals surface area contributed by atoms with Crippen molar-refractivity contribution in [3.05, 3.63) is 64.3 Å². The molecule has 1 N–H and O–H groups in total. The van der Waals surface area contributed by atoms with E-state index in [1.54, 1.807) is 36.6 Å². The molecule has 7 nitrogen and oxygen atoms in total. The molecule has 8 heteroatoms. The summed E-state index contributed by atoms with van der Waals surface area (Å²) in [5.74, 6) is 1.70. The van der Waals surface area contributed by atoms with Crippen molar-refractivity contribution < 1.29 is 19.1 Å². The van der Waals surface area contributed by atoms with Gasteiger partial charge in [-0.2, -0.15) is 0 Å². The Kier molecular flexibility index (Phi) is 6.23. The van der Waals surface area contributed by atoms with E-state index >= 15 is 0 Å². The highest BCUT2D eigenvalue weighted by atomic mass is 32.1. The molecule has 2 fully saturated rings. The molecule has 0 bridgehead atoms. The quantitative estimate of drug-likeness (QED) is 0.532. The van der Waals surface area contributed by atoms with Crippen molar-refractivity contribution in [2.75, 3.05) is 27.3 Å². The lowest BCUT2D eigenvalue weighted by Gasteiger charge is -2.27. The number of aromatic nitrogens is 1. The van der Waals surface area contributed by atoms with Crippen LogP contribution in [0.15, 0.2) is 42.5 Å². The van der Waals surface area contributed by atoms with E-state index in [-0.39, 0.29) is 17.9 Å². The molecule has 1 aromatic heterocycles. The Balaban J connectivity index is 1.34. The largest absolute Gasteiger partial charge is 0.497 e. The Hall–Kier alpha value is -3.39. The van der Waals surface area contributed by atoms with Crippen molar-refractivity contribution in [1.82, 2.24) is 15.2 Å². The summed E-state index contributed by atoms with van der Waals surface area (Å²) < 4.78 is 10.6. The van der Waals surface area contributed by atoms with Crippen LogP contribution in [0, 0.1) is 25.7 Å². The topological polar surface area (TPSA) is 80.8 Å². The molecule has 1 aliphatic carbocycles. The van der Waals surface area contributed by atoms with E-state index in [0.717, 1.165) is 27.4 Å². The van der Waals surface area contributed by atoms with Crippen LogP contribution in [-0.2, 0) is 0 Å². The molecular formula is C27H29N3O4S. The first kappa shape index (κ1) is 23.4. The van der Waals surface area contributed by atoms with Crippen LogP contribution in [0.1, 0.15) is 37.8 Å². The number of carbonyl (C=O) groups is 2. The highest BCUT2D eigenvalue weighted by Crippen LogP contribution is 2.50. The minimum absolute atomic E-state index is 0.0481. The van der Waals surface area contributed by atoms with Gasteiger partial charge >= 0.3 is 0 Å². The summed E-state index contributed by atoms with van der Waals surface area (Å²) in [4.78, 5) is 34.1. The lowest BCUT2D eigenvalue weighted by molar-refractivity contribution is 0.0690. The van der Waals surface area contributed by atoms with Crippen LogP contribution >= 0.6 is 11.3 Å². The molecule has 2 heterocycles. The van der Waals surface area contributed by atoms with Crippen LogP contribution in [0.5, 0.6) is 11.5 Å². The number of nitrogens with one attached hydrogen (secondary N) is 1. The number of hydrogen-bond acceptors (Lipinski definition) is 6. The highest BCUT2D eigenvalue weighted by molar-refractivity contribution is 7.15. The summed E-state index contributed by atoms with van der Waals surface area (Å²) in [7, 11) is 3.10. The second kappa shape index (κ2) is 9.34. The SMILES string of the molecule is COc1ccc(C(=O)NCC2C3CC3CN2C(=O)c2nc(C)sc2-c2cccc(C)c2)c(OC)c1. The van der Waals surface area contributed by atoms with Gasteiger partial charge in [-0.15, -0.1) is 11.3 Å².